The molecule has 0 saturated carbocycles. The summed E-state index contributed by atoms with van der Waals surface area (Å²) in [6, 6.07) is 10.7. The number of halogens is 2. The fourth-order valence-corrected chi connectivity index (χ4v) is 3.94. The number of carbonyl (C=O) groups excluding carboxylic acids is 2. The third kappa shape index (κ3) is 6.70. The molecule has 0 saturated heterocycles. The zero-order chi connectivity index (χ0) is 24.0. The lowest BCUT2D eigenvalue weighted by Gasteiger charge is -2.09. The van der Waals surface area contributed by atoms with Crippen LogP contribution in [0.3, 0.4) is 0 Å². The summed E-state index contributed by atoms with van der Waals surface area (Å²) in [5, 5.41) is 23.8. The van der Waals surface area contributed by atoms with Crippen molar-refractivity contribution in [2.45, 2.75) is 25.0 Å². The number of anilines is 2. The summed E-state index contributed by atoms with van der Waals surface area (Å²) in [4.78, 5) is 35.6. The van der Waals surface area contributed by atoms with Crippen molar-refractivity contribution in [3.8, 4) is 0 Å². The number of aromatic nitrogens is 3. The van der Waals surface area contributed by atoms with Gasteiger partial charge in [0.1, 0.15) is 5.82 Å². The van der Waals surface area contributed by atoms with E-state index < -0.39 is 5.97 Å². The van der Waals surface area contributed by atoms with Crippen LogP contribution in [0.4, 0.5) is 11.4 Å². The van der Waals surface area contributed by atoms with Gasteiger partial charge >= 0.3 is 5.97 Å². The van der Waals surface area contributed by atoms with E-state index in [0.29, 0.717) is 38.9 Å². The van der Waals surface area contributed by atoms with E-state index in [4.69, 9.17) is 28.3 Å². The topological polar surface area (TPSA) is 126 Å². The summed E-state index contributed by atoms with van der Waals surface area (Å²) in [6.45, 7) is 2.40. The number of nitrogens with one attached hydrogen (secondary N) is 2. The largest absolute Gasteiger partial charge is 0.478 e. The highest BCUT2D eigenvalue weighted by Gasteiger charge is 2.16. The zero-order valence-corrected chi connectivity index (χ0v) is 19.7. The molecule has 3 aromatic rings. The summed E-state index contributed by atoms with van der Waals surface area (Å²) in [6.07, 6.45) is -0.0102. The van der Waals surface area contributed by atoms with Crippen molar-refractivity contribution in [2.24, 2.45) is 0 Å². The Morgan fingerprint density at radius 3 is 2.27 bits per heavy atom. The van der Waals surface area contributed by atoms with Gasteiger partial charge in [-0.2, -0.15) is 0 Å². The summed E-state index contributed by atoms with van der Waals surface area (Å²) >= 11 is 13.0. The average molecular weight is 508 g/mol. The van der Waals surface area contributed by atoms with Crippen LogP contribution in [-0.4, -0.2) is 43.4 Å². The Bertz CT molecular complexity index is 1180. The number of rotatable bonds is 9. The summed E-state index contributed by atoms with van der Waals surface area (Å²) in [5.41, 5.74) is 1.14. The first kappa shape index (κ1) is 24.6. The van der Waals surface area contributed by atoms with E-state index in [1.807, 2.05) is 6.92 Å². The summed E-state index contributed by atoms with van der Waals surface area (Å²) in [7, 11) is 0. The van der Waals surface area contributed by atoms with Crippen molar-refractivity contribution in [2.75, 3.05) is 16.4 Å². The molecule has 33 heavy (non-hydrogen) atoms. The number of hydrogen-bond acceptors (Lipinski definition) is 6. The Labute approximate surface area is 203 Å². The number of aromatic carboxylic acids is 1. The molecule has 0 aliphatic rings. The lowest BCUT2D eigenvalue weighted by molar-refractivity contribution is -0.116. The molecule has 3 N–H and O–H groups in total. The second-order valence-electron chi connectivity index (χ2n) is 6.72. The maximum absolute atomic E-state index is 12.4. The van der Waals surface area contributed by atoms with Gasteiger partial charge in [0, 0.05) is 17.9 Å². The molecule has 0 unspecified atom stereocenters. The molecular formula is C21H19Cl2N5O4S. The van der Waals surface area contributed by atoms with E-state index in [0.717, 1.165) is 0 Å². The van der Waals surface area contributed by atoms with Crippen molar-refractivity contribution >= 4 is 64.1 Å². The summed E-state index contributed by atoms with van der Waals surface area (Å²) in [5.74, 6) is -1.10. The first-order chi connectivity index (χ1) is 15.8. The van der Waals surface area contributed by atoms with Crippen LogP contribution in [0.1, 0.15) is 23.1 Å². The zero-order valence-electron chi connectivity index (χ0n) is 17.3. The molecule has 2 aromatic carbocycles. The predicted molar refractivity (Wildman–Crippen MR) is 127 cm³/mol. The Kier molecular flexibility index (Phi) is 8.32. The highest BCUT2D eigenvalue weighted by Crippen LogP contribution is 2.25. The van der Waals surface area contributed by atoms with Crippen LogP contribution < -0.4 is 10.6 Å². The van der Waals surface area contributed by atoms with Crippen LogP contribution >= 0.6 is 35.0 Å². The van der Waals surface area contributed by atoms with Gasteiger partial charge in [-0.05, 0) is 49.4 Å². The van der Waals surface area contributed by atoms with E-state index in [1.165, 1.54) is 36.0 Å². The maximum atomic E-state index is 12.4. The predicted octanol–water partition coefficient (Wildman–Crippen LogP) is 4.22. The van der Waals surface area contributed by atoms with Gasteiger partial charge in [0.2, 0.25) is 11.8 Å². The van der Waals surface area contributed by atoms with Gasteiger partial charge in [-0.25, -0.2) is 4.79 Å². The number of thioether (sulfide) groups is 1. The number of nitrogens with zero attached hydrogens (tertiary/aromatic N) is 3. The fourth-order valence-electron chi connectivity index (χ4n) is 2.82. The van der Waals surface area contributed by atoms with Gasteiger partial charge in [-0.1, -0.05) is 35.0 Å². The molecule has 1 aromatic heterocycles. The molecule has 0 spiro atoms. The quantitative estimate of drug-likeness (QED) is 0.370. The van der Waals surface area contributed by atoms with E-state index in [2.05, 4.69) is 20.8 Å². The van der Waals surface area contributed by atoms with Crippen molar-refractivity contribution in [1.29, 1.82) is 0 Å². The SMILES string of the molecule is CCn1c(CC(=O)Nc2ccc(Cl)c(Cl)c2)nnc1SCC(=O)Nc1ccc(C(=O)O)cc1. The summed E-state index contributed by atoms with van der Waals surface area (Å²) < 4.78 is 1.76. The smallest absolute Gasteiger partial charge is 0.335 e. The van der Waals surface area contributed by atoms with Gasteiger partial charge in [0.25, 0.3) is 0 Å². The Morgan fingerprint density at radius 1 is 0.970 bits per heavy atom. The number of benzene rings is 2. The van der Waals surface area contributed by atoms with Crippen molar-refractivity contribution in [1.82, 2.24) is 14.8 Å². The molecule has 172 valence electrons. The minimum Gasteiger partial charge on any atom is -0.478 e. The monoisotopic (exact) mass is 507 g/mol. The minimum atomic E-state index is -1.04. The standard InChI is InChI=1S/C21H19Cl2N5O4S/c1-2-28-17(10-18(29)25-14-7-8-15(22)16(23)9-14)26-27-21(28)33-11-19(30)24-13-5-3-12(4-6-13)20(31)32/h3-9H,2,10-11H2,1H3,(H,24,30)(H,25,29)(H,31,32). The minimum absolute atomic E-state index is 0.0102. The lowest BCUT2D eigenvalue weighted by Crippen LogP contribution is -2.18. The Morgan fingerprint density at radius 2 is 1.64 bits per heavy atom. The van der Waals surface area contributed by atoms with Gasteiger partial charge in [0.05, 0.1) is 27.8 Å². The van der Waals surface area contributed by atoms with Crippen LogP contribution in [0.5, 0.6) is 0 Å². The second-order valence-corrected chi connectivity index (χ2v) is 8.47. The molecule has 3 rings (SSSR count). The third-order valence-corrected chi connectivity index (χ3v) is 6.09. The fraction of sp³-hybridized carbons (Fsp3) is 0.190. The van der Waals surface area contributed by atoms with Crippen LogP contribution in [0.2, 0.25) is 10.0 Å². The molecule has 0 radical (unpaired) electrons. The molecule has 9 nitrogen and oxygen atoms in total. The molecule has 0 aliphatic carbocycles. The van der Waals surface area contributed by atoms with Crippen molar-refractivity contribution < 1.29 is 19.5 Å². The second kappa shape index (κ2) is 11.2. The number of hydrogen-bond donors (Lipinski definition) is 3. The van der Waals surface area contributed by atoms with E-state index in [-0.39, 0.29) is 29.6 Å². The van der Waals surface area contributed by atoms with E-state index in [9.17, 15) is 14.4 Å². The van der Waals surface area contributed by atoms with Crippen molar-refractivity contribution in [3.63, 3.8) is 0 Å². The highest BCUT2D eigenvalue weighted by molar-refractivity contribution is 7.99. The van der Waals surface area contributed by atoms with Crippen LogP contribution in [-0.2, 0) is 22.6 Å². The molecule has 1 heterocycles. The lowest BCUT2D eigenvalue weighted by atomic mass is 10.2. The van der Waals surface area contributed by atoms with Crippen LogP contribution in [0.25, 0.3) is 0 Å². The van der Waals surface area contributed by atoms with Gasteiger partial charge in [-0.15, -0.1) is 10.2 Å². The normalized spacial score (nSPS) is 10.6. The van der Waals surface area contributed by atoms with E-state index >= 15 is 0 Å². The Balaban J connectivity index is 1.57. The van der Waals surface area contributed by atoms with Gasteiger partial charge in [0.15, 0.2) is 5.16 Å². The third-order valence-electron chi connectivity index (χ3n) is 4.38. The van der Waals surface area contributed by atoms with Gasteiger partial charge < -0.3 is 20.3 Å². The van der Waals surface area contributed by atoms with Crippen LogP contribution in [0.15, 0.2) is 47.6 Å². The maximum Gasteiger partial charge on any atom is 0.335 e. The molecule has 12 heteroatoms. The molecule has 0 aliphatic heterocycles. The molecule has 0 bridgehead atoms. The Hall–Kier alpha value is -3.08. The number of carboxylic acids is 1. The van der Waals surface area contributed by atoms with Crippen LogP contribution in [0, 0.1) is 0 Å². The number of carboxylic acid groups (broad SMARTS) is 1. The highest BCUT2D eigenvalue weighted by atomic mass is 35.5. The number of amides is 2. The first-order valence-corrected chi connectivity index (χ1v) is 11.4. The molecule has 0 atom stereocenters. The van der Waals surface area contributed by atoms with E-state index in [1.54, 1.807) is 22.8 Å². The van der Waals surface area contributed by atoms with Crippen molar-refractivity contribution in [3.05, 3.63) is 63.9 Å². The first-order valence-electron chi connectivity index (χ1n) is 9.69. The average Bonchev–Trinajstić information content (AvgIpc) is 3.16. The van der Waals surface area contributed by atoms with Gasteiger partial charge in [-0.3, -0.25) is 9.59 Å². The number of carbonyl (C=O) groups is 3. The molecule has 0 fully saturated rings. The molecular weight excluding hydrogens is 489 g/mol. The molecule has 2 amide bonds.